The van der Waals surface area contributed by atoms with Gasteiger partial charge in [-0.2, -0.15) is 5.10 Å². The first-order chi connectivity index (χ1) is 8.57. The van der Waals surface area contributed by atoms with E-state index in [2.05, 4.69) is 5.10 Å². The molecule has 0 aliphatic carbocycles. The Labute approximate surface area is 104 Å². The van der Waals surface area contributed by atoms with Gasteiger partial charge in [0.2, 0.25) is 0 Å². The molecule has 1 aromatic carbocycles. The summed E-state index contributed by atoms with van der Waals surface area (Å²) in [5, 5.41) is 5.45. The predicted octanol–water partition coefficient (Wildman–Crippen LogP) is 0.756. The third-order valence-corrected chi connectivity index (χ3v) is 5.03. The molecule has 0 saturated carbocycles. The van der Waals surface area contributed by atoms with Gasteiger partial charge in [0.05, 0.1) is 29.1 Å². The topological polar surface area (TPSA) is 69.0 Å². The van der Waals surface area contributed by atoms with Gasteiger partial charge >= 0.3 is 0 Å². The van der Waals surface area contributed by atoms with E-state index in [0.717, 1.165) is 5.39 Å². The first-order valence-electron chi connectivity index (χ1n) is 5.74. The van der Waals surface area contributed by atoms with Crippen molar-refractivity contribution in [3.63, 3.8) is 0 Å². The molecule has 3 rings (SSSR count). The predicted molar refractivity (Wildman–Crippen MR) is 68.3 cm³/mol. The van der Waals surface area contributed by atoms with E-state index < -0.39 is 9.84 Å². The second-order valence-corrected chi connectivity index (χ2v) is 6.77. The second kappa shape index (κ2) is 3.91. The minimum atomic E-state index is -3.01. The van der Waals surface area contributed by atoms with Gasteiger partial charge in [-0.15, -0.1) is 0 Å². The van der Waals surface area contributed by atoms with Crippen molar-refractivity contribution in [2.24, 2.45) is 0 Å². The van der Waals surface area contributed by atoms with Crippen molar-refractivity contribution >= 4 is 20.6 Å². The zero-order valence-corrected chi connectivity index (χ0v) is 10.4. The van der Waals surface area contributed by atoms with E-state index in [4.69, 9.17) is 0 Å². The Bertz CT molecular complexity index is 764. The fraction of sp³-hybridized carbons (Fsp3) is 0.333. The van der Waals surface area contributed by atoms with Gasteiger partial charge in [-0.1, -0.05) is 18.2 Å². The Hall–Kier alpha value is -1.69. The summed E-state index contributed by atoms with van der Waals surface area (Å²) in [5.41, 5.74) is -0.213. The van der Waals surface area contributed by atoms with E-state index >= 15 is 0 Å². The summed E-state index contributed by atoms with van der Waals surface area (Å²) in [7, 11) is -3.01. The van der Waals surface area contributed by atoms with Crippen LogP contribution in [0.15, 0.2) is 35.3 Å². The number of rotatable bonds is 1. The molecule has 1 aliphatic rings. The van der Waals surface area contributed by atoms with Crippen LogP contribution in [-0.4, -0.2) is 29.7 Å². The summed E-state index contributed by atoms with van der Waals surface area (Å²) in [5.74, 6) is 0.150. The molecule has 0 amide bonds. The standard InChI is InChI=1S/C12H12N2O3S/c15-12-11-4-2-1-3-9(11)7-13-14(12)10-5-6-18(16,17)8-10/h1-4,7,10H,5-6,8H2/t10-/m1/s1. The summed E-state index contributed by atoms with van der Waals surface area (Å²) in [6.45, 7) is 0. The highest BCUT2D eigenvalue weighted by molar-refractivity contribution is 7.91. The molecule has 0 radical (unpaired) electrons. The van der Waals surface area contributed by atoms with Crippen LogP contribution in [0.1, 0.15) is 12.5 Å². The lowest BCUT2D eigenvalue weighted by atomic mass is 10.2. The van der Waals surface area contributed by atoms with Crippen LogP contribution in [0.25, 0.3) is 10.8 Å². The van der Waals surface area contributed by atoms with Gasteiger partial charge in [-0.25, -0.2) is 13.1 Å². The molecule has 5 nitrogen and oxygen atoms in total. The zero-order valence-electron chi connectivity index (χ0n) is 9.61. The summed E-state index contributed by atoms with van der Waals surface area (Å²) >= 11 is 0. The van der Waals surface area contributed by atoms with Crippen LogP contribution >= 0.6 is 0 Å². The van der Waals surface area contributed by atoms with E-state index in [1.54, 1.807) is 18.3 Å². The van der Waals surface area contributed by atoms with E-state index in [1.165, 1.54) is 4.68 Å². The fourth-order valence-corrected chi connectivity index (χ4v) is 4.02. The summed E-state index contributed by atoms with van der Waals surface area (Å²) in [6.07, 6.45) is 2.08. The van der Waals surface area contributed by atoms with E-state index in [-0.39, 0.29) is 23.1 Å². The van der Waals surface area contributed by atoms with Crippen molar-refractivity contribution in [2.75, 3.05) is 11.5 Å². The molecule has 1 aliphatic heterocycles. The molecule has 1 saturated heterocycles. The normalized spacial score (nSPS) is 22.3. The third kappa shape index (κ3) is 1.82. The molecule has 0 N–H and O–H groups in total. The minimum Gasteiger partial charge on any atom is -0.267 e. The van der Waals surface area contributed by atoms with Gasteiger partial charge in [-0.05, 0) is 12.5 Å². The van der Waals surface area contributed by atoms with Gasteiger partial charge in [-0.3, -0.25) is 4.79 Å². The van der Waals surface area contributed by atoms with Gasteiger partial charge in [0.25, 0.3) is 5.56 Å². The first-order valence-corrected chi connectivity index (χ1v) is 7.56. The van der Waals surface area contributed by atoms with Gasteiger partial charge in [0.15, 0.2) is 9.84 Å². The SMILES string of the molecule is O=c1c2ccccc2cnn1[C@@H]1CCS(=O)(=O)C1. The highest BCUT2D eigenvalue weighted by Gasteiger charge is 2.30. The highest BCUT2D eigenvalue weighted by Crippen LogP contribution is 2.21. The van der Waals surface area contributed by atoms with Crippen LogP contribution in [0.3, 0.4) is 0 Å². The summed E-state index contributed by atoms with van der Waals surface area (Å²) < 4.78 is 24.2. The number of nitrogens with zero attached hydrogens (tertiary/aromatic N) is 2. The Morgan fingerprint density at radius 3 is 2.78 bits per heavy atom. The zero-order chi connectivity index (χ0) is 12.8. The summed E-state index contributed by atoms with van der Waals surface area (Å²) in [6, 6.07) is 6.86. The molecule has 6 heteroatoms. The molecule has 1 atom stereocenters. The highest BCUT2D eigenvalue weighted by atomic mass is 32.2. The molecule has 1 fully saturated rings. The van der Waals surface area contributed by atoms with Crippen molar-refractivity contribution in [2.45, 2.75) is 12.5 Å². The van der Waals surface area contributed by atoms with Crippen molar-refractivity contribution in [3.8, 4) is 0 Å². The van der Waals surface area contributed by atoms with E-state index in [0.29, 0.717) is 11.8 Å². The van der Waals surface area contributed by atoms with Crippen LogP contribution in [0.4, 0.5) is 0 Å². The number of aromatic nitrogens is 2. The molecule has 0 spiro atoms. The lowest BCUT2D eigenvalue weighted by molar-refractivity contribution is 0.478. The Kier molecular flexibility index (Phi) is 2.48. The summed E-state index contributed by atoms with van der Waals surface area (Å²) in [4.78, 5) is 12.2. The Balaban J connectivity index is 2.14. The molecular formula is C12H12N2O3S. The van der Waals surface area contributed by atoms with E-state index in [9.17, 15) is 13.2 Å². The van der Waals surface area contributed by atoms with Gasteiger partial charge in [0, 0.05) is 5.39 Å². The van der Waals surface area contributed by atoms with Crippen molar-refractivity contribution in [1.82, 2.24) is 9.78 Å². The Morgan fingerprint density at radius 1 is 1.28 bits per heavy atom. The number of benzene rings is 1. The number of hydrogen-bond acceptors (Lipinski definition) is 4. The molecule has 0 bridgehead atoms. The first kappa shape index (κ1) is 11.4. The number of fused-ring (bicyclic) bond motifs is 1. The van der Waals surface area contributed by atoms with Gasteiger partial charge in [0.1, 0.15) is 0 Å². The molecule has 2 heterocycles. The molecule has 1 aromatic heterocycles. The van der Waals surface area contributed by atoms with Crippen molar-refractivity contribution < 1.29 is 8.42 Å². The number of sulfone groups is 1. The monoisotopic (exact) mass is 264 g/mol. The van der Waals surface area contributed by atoms with Crippen molar-refractivity contribution in [3.05, 3.63) is 40.8 Å². The maximum atomic E-state index is 12.2. The van der Waals surface area contributed by atoms with Crippen molar-refractivity contribution in [1.29, 1.82) is 0 Å². The molecule has 0 unspecified atom stereocenters. The lowest BCUT2D eigenvalue weighted by Crippen LogP contribution is -2.27. The maximum Gasteiger partial charge on any atom is 0.274 e. The molecule has 94 valence electrons. The van der Waals surface area contributed by atoms with Crippen LogP contribution < -0.4 is 5.56 Å². The number of hydrogen-bond donors (Lipinski definition) is 0. The molecule has 2 aromatic rings. The lowest BCUT2D eigenvalue weighted by Gasteiger charge is -2.11. The van der Waals surface area contributed by atoms with Crippen LogP contribution in [0.5, 0.6) is 0 Å². The van der Waals surface area contributed by atoms with Crippen LogP contribution in [0.2, 0.25) is 0 Å². The maximum absolute atomic E-state index is 12.2. The van der Waals surface area contributed by atoms with E-state index in [1.807, 2.05) is 12.1 Å². The fourth-order valence-electron chi connectivity index (χ4n) is 2.33. The largest absolute Gasteiger partial charge is 0.274 e. The van der Waals surface area contributed by atoms with Crippen LogP contribution in [0, 0.1) is 0 Å². The molecular weight excluding hydrogens is 252 g/mol. The van der Waals surface area contributed by atoms with Gasteiger partial charge < -0.3 is 0 Å². The smallest absolute Gasteiger partial charge is 0.267 e. The quantitative estimate of drug-likeness (QED) is 0.762. The molecule has 18 heavy (non-hydrogen) atoms. The third-order valence-electron chi connectivity index (χ3n) is 3.27. The minimum absolute atomic E-state index is 0.0121. The average Bonchev–Trinajstić information content (AvgIpc) is 2.70. The van der Waals surface area contributed by atoms with Crippen LogP contribution in [-0.2, 0) is 9.84 Å². The second-order valence-electron chi connectivity index (χ2n) is 4.54. The average molecular weight is 264 g/mol. The Morgan fingerprint density at radius 2 is 2.06 bits per heavy atom.